The molecule has 0 aromatic heterocycles. The Morgan fingerprint density at radius 2 is 2.33 bits per heavy atom. The number of carbonyl (C=O) groups is 1. The topological polar surface area (TPSA) is 43.1 Å². The molecule has 2 N–H and O–H groups in total. The Morgan fingerprint density at radius 1 is 1.67 bits per heavy atom. The van der Waals surface area contributed by atoms with Crippen molar-refractivity contribution >= 4 is 5.78 Å². The van der Waals surface area contributed by atoms with Crippen LogP contribution in [-0.2, 0) is 4.79 Å². The van der Waals surface area contributed by atoms with Crippen LogP contribution in [0.2, 0.25) is 0 Å². The Hall–Kier alpha value is -0.890. The van der Waals surface area contributed by atoms with E-state index in [4.69, 9.17) is 5.73 Å². The van der Waals surface area contributed by atoms with Gasteiger partial charge in [0.05, 0.1) is 6.04 Å². The standard InChI is InChI=1S/C7H9NO/c1-5-3-2-4-6(9)7(5)8/h2-4,7H,8H2,1H3. The SMILES string of the molecule is CC1=CC=CC(=O)C1N. The van der Waals surface area contributed by atoms with Gasteiger partial charge in [-0.2, -0.15) is 0 Å². The molecule has 2 nitrogen and oxygen atoms in total. The molecule has 0 saturated carbocycles. The van der Waals surface area contributed by atoms with Crippen molar-refractivity contribution in [2.45, 2.75) is 13.0 Å². The third-order valence-corrected chi connectivity index (χ3v) is 1.42. The predicted octanol–water partition coefficient (Wildman–Crippen LogP) is 0.399. The highest BCUT2D eigenvalue weighted by atomic mass is 16.1. The molecule has 0 amide bonds. The minimum atomic E-state index is -0.394. The molecule has 1 rings (SSSR count). The maximum Gasteiger partial charge on any atom is 0.176 e. The van der Waals surface area contributed by atoms with E-state index in [-0.39, 0.29) is 5.78 Å². The molecule has 0 spiro atoms. The van der Waals surface area contributed by atoms with Crippen molar-refractivity contribution in [2.24, 2.45) is 5.73 Å². The van der Waals surface area contributed by atoms with E-state index in [1.54, 1.807) is 6.08 Å². The molecule has 2 heteroatoms. The number of nitrogens with two attached hydrogens (primary N) is 1. The first kappa shape index (κ1) is 6.23. The fourth-order valence-electron chi connectivity index (χ4n) is 0.726. The third-order valence-electron chi connectivity index (χ3n) is 1.42. The molecule has 0 radical (unpaired) electrons. The van der Waals surface area contributed by atoms with Gasteiger partial charge in [-0.1, -0.05) is 12.2 Å². The molecule has 0 fully saturated rings. The van der Waals surface area contributed by atoms with Crippen molar-refractivity contribution in [3.63, 3.8) is 0 Å². The van der Waals surface area contributed by atoms with Crippen LogP contribution < -0.4 is 5.73 Å². The van der Waals surface area contributed by atoms with E-state index in [1.807, 2.05) is 13.0 Å². The van der Waals surface area contributed by atoms with Crippen molar-refractivity contribution in [3.8, 4) is 0 Å². The lowest BCUT2D eigenvalue weighted by atomic mass is 10.0. The predicted molar refractivity (Wildman–Crippen MR) is 35.9 cm³/mol. The van der Waals surface area contributed by atoms with Gasteiger partial charge in [0.25, 0.3) is 0 Å². The number of carbonyl (C=O) groups excluding carboxylic acids is 1. The van der Waals surface area contributed by atoms with Crippen molar-refractivity contribution in [1.82, 2.24) is 0 Å². The first-order chi connectivity index (χ1) is 4.22. The maximum absolute atomic E-state index is 10.8. The molecule has 1 aliphatic carbocycles. The van der Waals surface area contributed by atoms with E-state index in [2.05, 4.69) is 0 Å². The van der Waals surface area contributed by atoms with Gasteiger partial charge in [-0.05, 0) is 18.6 Å². The Labute approximate surface area is 54.0 Å². The maximum atomic E-state index is 10.8. The summed E-state index contributed by atoms with van der Waals surface area (Å²) in [5.74, 6) is -0.00463. The van der Waals surface area contributed by atoms with Crippen LogP contribution in [0, 0.1) is 0 Å². The van der Waals surface area contributed by atoms with Gasteiger partial charge in [0.1, 0.15) is 0 Å². The highest BCUT2D eigenvalue weighted by Crippen LogP contribution is 2.05. The lowest BCUT2D eigenvalue weighted by Gasteiger charge is -2.10. The van der Waals surface area contributed by atoms with Gasteiger partial charge < -0.3 is 5.73 Å². The van der Waals surface area contributed by atoms with Crippen LogP contribution in [0.25, 0.3) is 0 Å². The summed E-state index contributed by atoms with van der Waals surface area (Å²) in [6.45, 7) is 1.85. The zero-order valence-electron chi connectivity index (χ0n) is 5.29. The first-order valence-corrected chi connectivity index (χ1v) is 2.86. The summed E-state index contributed by atoms with van der Waals surface area (Å²) in [6.07, 6.45) is 5.07. The fourth-order valence-corrected chi connectivity index (χ4v) is 0.726. The number of rotatable bonds is 0. The summed E-state index contributed by atoms with van der Waals surface area (Å²) in [5, 5.41) is 0. The summed E-state index contributed by atoms with van der Waals surface area (Å²) in [4.78, 5) is 10.8. The quantitative estimate of drug-likeness (QED) is 0.506. The van der Waals surface area contributed by atoms with Crippen molar-refractivity contribution in [1.29, 1.82) is 0 Å². The lowest BCUT2D eigenvalue weighted by Crippen LogP contribution is -2.31. The Kier molecular flexibility index (Phi) is 1.49. The van der Waals surface area contributed by atoms with Crippen molar-refractivity contribution in [3.05, 3.63) is 23.8 Å². The molecule has 0 heterocycles. The summed E-state index contributed by atoms with van der Waals surface area (Å²) >= 11 is 0. The highest BCUT2D eigenvalue weighted by Gasteiger charge is 2.13. The zero-order valence-corrected chi connectivity index (χ0v) is 5.29. The van der Waals surface area contributed by atoms with Gasteiger partial charge in [0.15, 0.2) is 5.78 Å². The second kappa shape index (κ2) is 2.15. The summed E-state index contributed by atoms with van der Waals surface area (Å²) in [5.41, 5.74) is 6.39. The molecule has 1 aliphatic rings. The number of ketones is 1. The van der Waals surface area contributed by atoms with E-state index in [1.165, 1.54) is 6.08 Å². The smallest absolute Gasteiger partial charge is 0.176 e. The van der Waals surface area contributed by atoms with Gasteiger partial charge in [0, 0.05) is 0 Å². The van der Waals surface area contributed by atoms with E-state index < -0.39 is 6.04 Å². The molecule has 0 bridgehead atoms. The largest absolute Gasteiger partial charge is 0.318 e. The van der Waals surface area contributed by atoms with Gasteiger partial charge in [-0.3, -0.25) is 4.79 Å². The average molecular weight is 123 g/mol. The third kappa shape index (κ3) is 1.08. The van der Waals surface area contributed by atoms with Crippen LogP contribution in [-0.4, -0.2) is 11.8 Å². The molecule has 0 saturated heterocycles. The van der Waals surface area contributed by atoms with Crippen LogP contribution in [0.4, 0.5) is 0 Å². The lowest BCUT2D eigenvalue weighted by molar-refractivity contribution is -0.115. The van der Waals surface area contributed by atoms with Crippen molar-refractivity contribution < 1.29 is 4.79 Å². The van der Waals surface area contributed by atoms with Crippen LogP contribution in [0.5, 0.6) is 0 Å². The normalized spacial score (nSPS) is 26.2. The second-order valence-electron chi connectivity index (χ2n) is 2.15. The van der Waals surface area contributed by atoms with E-state index >= 15 is 0 Å². The monoisotopic (exact) mass is 123 g/mol. The van der Waals surface area contributed by atoms with E-state index in [9.17, 15) is 4.79 Å². The van der Waals surface area contributed by atoms with Crippen LogP contribution in [0.15, 0.2) is 23.8 Å². The minimum Gasteiger partial charge on any atom is -0.318 e. The van der Waals surface area contributed by atoms with Crippen LogP contribution in [0.3, 0.4) is 0 Å². The van der Waals surface area contributed by atoms with Gasteiger partial charge in [0.2, 0.25) is 0 Å². The van der Waals surface area contributed by atoms with Gasteiger partial charge in [-0.15, -0.1) is 0 Å². The van der Waals surface area contributed by atoms with E-state index in [0.29, 0.717) is 0 Å². The molecule has 0 aliphatic heterocycles. The van der Waals surface area contributed by atoms with Crippen molar-refractivity contribution in [2.75, 3.05) is 0 Å². The minimum absolute atomic E-state index is 0.00463. The molecule has 1 atom stereocenters. The number of hydrogen-bond donors (Lipinski definition) is 1. The van der Waals surface area contributed by atoms with Gasteiger partial charge >= 0.3 is 0 Å². The summed E-state index contributed by atoms with van der Waals surface area (Å²) in [6, 6.07) is -0.394. The number of hydrogen-bond acceptors (Lipinski definition) is 2. The highest BCUT2D eigenvalue weighted by molar-refractivity contribution is 5.97. The van der Waals surface area contributed by atoms with Crippen LogP contribution in [0.1, 0.15) is 6.92 Å². The number of allylic oxidation sites excluding steroid dienone is 2. The zero-order chi connectivity index (χ0) is 6.85. The Morgan fingerprint density at radius 3 is 2.78 bits per heavy atom. The molecule has 0 aromatic rings. The molecular weight excluding hydrogens is 114 g/mol. The van der Waals surface area contributed by atoms with Crippen LogP contribution >= 0.6 is 0 Å². The Balaban J connectivity index is 2.86. The van der Waals surface area contributed by atoms with Gasteiger partial charge in [-0.25, -0.2) is 0 Å². The summed E-state index contributed by atoms with van der Waals surface area (Å²) in [7, 11) is 0. The molecule has 0 aromatic carbocycles. The second-order valence-corrected chi connectivity index (χ2v) is 2.15. The molecular formula is C7H9NO. The average Bonchev–Trinajstić information content (AvgIpc) is 1.83. The molecule has 9 heavy (non-hydrogen) atoms. The first-order valence-electron chi connectivity index (χ1n) is 2.86. The summed E-state index contributed by atoms with van der Waals surface area (Å²) < 4.78 is 0. The Bertz CT molecular complexity index is 191. The molecule has 48 valence electrons. The molecule has 1 unspecified atom stereocenters. The van der Waals surface area contributed by atoms with E-state index in [0.717, 1.165) is 5.57 Å². The fraction of sp³-hybridized carbons (Fsp3) is 0.286.